The summed E-state index contributed by atoms with van der Waals surface area (Å²) >= 11 is 0. The smallest absolute Gasteiger partial charge is 0.341 e. The number of nitrogens with one attached hydrogen (secondary N) is 1. The van der Waals surface area contributed by atoms with E-state index in [1.807, 2.05) is 0 Å². The molecule has 6 heteroatoms. The topological polar surface area (TPSA) is 95.9 Å². The molecule has 0 radical (unpaired) electrons. The molecule has 0 fully saturated rings. The average Bonchev–Trinajstić information content (AvgIpc) is 2.49. The zero-order chi connectivity index (χ0) is 17.5. The molecule has 23 heavy (non-hydrogen) atoms. The quantitative estimate of drug-likeness (QED) is 0.646. The fraction of sp³-hybridized carbons (Fsp3) is 0.529. The number of ether oxygens (including phenoxy) is 1. The maximum absolute atomic E-state index is 12.1. The highest BCUT2D eigenvalue weighted by atomic mass is 16.5. The van der Waals surface area contributed by atoms with Crippen LogP contribution >= 0.6 is 0 Å². The molecule has 1 rings (SSSR count). The van der Waals surface area contributed by atoms with Crippen LogP contribution in [0.5, 0.6) is 5.75 Å². The number of hydrogen-bond acceptors (Lipinski definition) is 4. The van der Waals surface area contributed by atoms with Crippen molar-refractivity contribution in [3.8, 4) is 5.75 Å². The molecule has 1 atom stereocenters. The molecule has 3 N–H and O–H groups in total. The van der Waals surface area contributed by atoms with Gasteiger partial charge in [-0.05, 0) is 43.9 Å². The highest BCUT2D eigenvalue weighted by Gasteiger charge is 2.21. The Kier molecular flexibility index (Phi) is 7.03. The van der Waals surface area contributed by atoms with E-state index in [4.69, 9.17) is 9.84 Å². The highest BCUT2D eigenvalue weighted by molar-refractivity contribution is 5.94. The van der Waals surface area contributed by atoms with Gasteiger partial charge in [-0.3, -0.25) is 4.79 Å². The zero-order valence-corrected chi connectivity index (χ0v) is 13.8. The van der Waals surface area contributed by atoms with Crippen LogP contribution in [-0.2, 0) is 4.79 Å². The second kappa shape index (κ2) is 8.53. The van der Waals surface area contributed by atoms with E-state index >= 15 is 0 Å². The summed E-state index contributed by atoms with van der Waals surface area (Å²) in [6.07, 6.45) is 1.48. The van der Waals surface area contributed by atoms with Crippen LogP contribution in [0, 0.1) is 5.92 Å². The second-order valence-corrected chi connectivity index (χ2v) is 6.32. The van der Waals surface area contributed by atoms with Gasteiger partial charge in [0, 0.05) is 12.1 Å². The summed E-state index contributed by atoms with van der Waals surface area (Å²) < 4.78 is 5.04. The molecule has 128 valence electrons. The molecule has 0 saturated carbocycles. The Morgan fingerprint density at radius 1 is 1.35 bits per heavy atom. The SMILES string of the molecule is CC(C)CCC(C)(O)CNC(=O)c1cccc(OCC(=O)O)c1. The number of aliphatic hydroxyl groups is 1. The predicted octanol–water partition coefficient (Wildman–Crippen LogP) is 2.07. The molecule has 0 aromatic heterocycles. The van der Waals surface area contributed by atoms with Gasteiger partial charge in [0.1, 0.15) is 5.75 Å². The molecule has 0 heterocycles. The molecule has 0 saturated heterocycles. The Hall–Kier alpha value is -2.08. The third-order valence-corrected chi connectivity index (χ3v) is 3.35. The van der Waals surface area contributed by atoms with Gasteiger partial charge in [-0.2, -0.15) is 0 Å². The van der Waals surface area contributed by atoms with Crippen LogP contribution in [-0.4, -0.2) is 40.8 Å². The Morgan fingerprint density at radius 2 is 2.04 bits per heavy atom. The monoisotopic (exact) mass is 323 g/mol. The maximum atomic E-state index is 12.1. The Labute approximate surface area is 136 Å². The van der Waals surface area contributed by atoms with Gasteiger partial charge >= 0.3 is 5.97 Å². The maximum Gasteiger partial charge on any atom is 0.341 e. The van der Waals surface area contributed by atoms with Crippen molar-refractivity contribution in [1.29, 1.82) is 0 Å². The standard InChI is InChI=1S/C17H25NO5/c1-12(2)7-8-17(3,22)11-18-16(21)13-5-4-6-14(9-13)23-10-15(19)20/h4-6,9,12,22H,7-8,10-11H2,1-3H3,(H,18,21)(H,19,20). The minimum absolute atomic E-state index is 0.152. The van der Waals surface area contributed by atoms with Crippen molar-refractivity contribution in [2.45, 2.75) is 39.2 Å². The molecule has 1 aromatic carbocycles. The summed E-state index contributed by atoms with van der Waals surface area (Å²) in [6.45, 7) is 5.55. The molecule has 1 amide bonds. The van der Waals surface area contributed by atoms with Crippen molar-refractivity contribution in [3.05, 3.63) is 29.8 Å². The molecule has 1 unspecified atom stereocenters. The van der Waals surface area contributed by atoms with E-state index in [0.29, 0.717) is 23.7 Å². The molecular weight excluding hydrogens is 298 g/mol. The summed E-state index contributed by atoms with van der Waals surface area (Å²) in [6, 6.07) is 6.27. The lowest BCUT2D eigenvalue weighted by Crippen LogP contribution is -2.40. The van der Waals surface area contributed by atoms with Crippen molar-refractivity contribution < 1.29 is 24.5 Å². The fourth-order valence-electron chi connectivity index (χ4n) is 1.93. The Balaban J connectivity index is 2.57. The van der Waals surface area contributed by atoms with Gasteiger partial charge in [0.2, 0.25) is 0 Å². The first-order valence-corrected chi connectivity index (χ1v) is 7.65. The first kappa shape index (κ1) is 19.0. The number of carbonyl (C=O) groups is 2. The van der Waals surface area contributed by atoms with Crippen LogP contribution in [0.2, 0.25) is 0 Å². The lowest BCUT2D eigenvalue weighted by atomic mass is 9.95. The van der Waals surface area contributed by atoms with E-state index in [9.17, 15) is 14.7 Å². The van der Waals surface area contributed by atoms with E-state index in [1.54, 1.807) is 25.1 Å². The fourth-order valence-corrected chi connectivity index (χ4v) is 1.93. The van der Waals surface area contributed by atoms with Crippen molar-refractivity contribution >= 4 is 11.9 Å². The van der Waals surface area contributed by atoms with Crippen molar-refractivity contribution in [2.75, 3.05) is 13.2 Å². The number of carboxylic acids is 1. The number of benzene rings is 1. The number of hydrogen-bond donors (Lipinski definition) is 3. The molecular formula is C17H25NO5. The van der Waals surface area contributed by atoms with E-state index in [-0.39, 0.29) is 12.5 Å². The van der Waals surface area contributed by atoms with Crippen molar-refractivity contribution in [1.82, 2.24) is 5.32 Å². The summed E-state index contributed by atoms with van der Waals surface area (Å²) in [4.78, 5) is 22.6. The van der Waals surface area contributed by atoms with Crippen LogP contribution in [0.1, 0.15) is 44.0 Å². The minimum Gasteiger partial charge on any atom is -0.482 e. The minimum atomic E-state index is -1.08. The molecule has 0 aliphatic heterocycles. The van der Waals surface area contributed by atoms with Crippen LogP contribution < -0.4 is 10.1 Å². The second-order valence-electron chi connectivity index (χ2n) is 6.32. The molecule has 6 nitrogen and oxygen atoms in total. The first-order valence-electron chi connectivity index (χ1n) is 7.65. The largest absolute Gasteiger partial charge is 0.482 e. The van der Waals surface area contributed by atoms with E-state index in [1.165, 1.54) is 6.07 Å². The number of rotatable bonds is 9. The van der Waals surface area contributed by atoms with Crippen LogP contribution in [0.25, 0.3) is 0 Å². The summed E-state index contributed by atoms with van der Waals surface area (Å²) in [7, 11) is 0. The molecule has 0 bridgehead atoms. The molecule has 0 spiro atoms. The van der Waals surface area contributed by atoms with Gasteiger partial charge in [-0.25, -0.2) is 4.79 Å². The number of aliphatic carboxylic acids is 1. The van der Waals surface area contributed by atoms with Crippen LogP contribution in [0.15, 0.2) is 24.3 Å². The number of carboxylic acid groups (broad SMARTS) is 1. The Morgan fingerprint density at radius 3 is 2.65 bits per heavy atom. The molecule has 0 aliphatic rings. The predicted molar refractivity (Wildman–Crippen MR) is 86.6 cm³/mol. The van der Waals surface area contributed by atoms with Crippen LogP contribution in [0.3, 0.4) is 0 Å². The lowest BCUT2D eigenvalue weighted by molar-refractivity contribution is -0.139. The van der Waals surface area contributed by atoms with Crippen molar-refractivity contribution in [3.63, 3.8) is 0 Å². The van der Waals surface area contributed by atoms with E-state index in [2.05, 4.69) is 19.2 Å². The van der Waals surface area contributed by atoms with Crippen LogP contribution in [0.4, 0.5) is 0 Å². The Bertz CT molecular complexity index is 540. The van der Waals surface area contributed by atoms with Gasteiger partial charge in [0.05, 0.1) is 5.60 Å². The summed E-state index contributed by atoms with van der Waals surface area (Å²) in [5, 5.41) is 21.5. The van der Waals surface area contributed by atoms with Crippen molar-refractivity contribution in [2.24, 2.45) is 5.92 Å². The first-order chi connectivity index (χ1) is 10.7. The van der Waals surface area contributed by atoms with Gasteiger partial charge < -0.3 is 20.3 Å². The summed E-state index contributed by atoms with van der Waals surface area (Å²) in [5.74, 6) is -0.622. The van der Waals surface area contributed by atoms with E-state index in [0.717, 1.165) is 6.42 Å². The zero-order valence-electron chi connectivity index (χ0n) is 13.8. The molecule has 1 aromatic rings. The average molecular weight is 323 g/mol. The lowest BCUT2D eigenvalue weighted by Gasteiger charge is -2.24. The van der Waals surface area contributed by atoms with E-state index < -0.39 is 18.2 Å². The van der Waals surface area contributed by atoms with Gasteiger partial charge in [0.15, 0.2) is 6.61 Å². The summed E-state index contributed by atoms with van der Waals surface area (Å²) in [5.41, 5.74) is -0.607. The third kappa shape index (κ3) is 7.65. The number of carbonyl (C=O) groups excluding carboxylic acids is 1. The normalized spacial score (nSPS) is 13.4. The van der Waals surface area contributed by atoms with Gasteiger partial charge in [-0.15, -0.1) is 0 Å². The van der Waals surface area contributed by atoms with Gasteiger partial charge in [0.25, 0.3) is 5.91 Å². The third-order valence-electron chi connectivity index (χ3n) is 3.35. The van der Waals surface area contributed by atoms with Gasteiger partial charge in [-0.1, -0.05) is 19.9 Å². The molecule has 0 aliphatic carbocycles. The highest BCUT2D eigenvalue weighted by Crippen LogP contribution is 2.16. The number of amides is 1.